The molecule has 3 rings (SSSR count). The van der Waals surface area contributed by atoms with Crippen molar-refractivity contribution < 1.29 is 28.7 Å². The van der Waals surface area contributed by atoms with Gasteiger partial charge in [0, 0.05) is 24.6 Å². The number of hydrogen-bond donors (Lipinski definition) is 3. The van der Waals surface area contributed by atoms with E-state index in [0.29, 0.717) is 30.8 Å². The van der Waals surface area contributed by atoms with Gasteiger partial charge < -0.3 is 14.8 Å². The fourth-order valence-corrected chi connectivity index (χ4v) is 3.79. The summed E-state index contributed by atoms with van der Waals surface area (Å²) in [7, 11) is 2.94. The van der Waals surface area contributed by atoms with Crippen molar-refractivity contribution >= 4 is 23.8 Å². The lowest BCUT2D eigenvalue weighted by atomic mass is 9.98. The molecule has 1 heterocycles. The van der Waals surface area contributed by atoms with Crippen LogP contribution in [0, 0.1) is 0 Å². The molecule has 10 heteroatoms. The maximum atomic E-state index is 12.6. The van der Waals surface area contributed by atoms with Gasteiger partial charge in [-0.1, -0.05) is 12.8 Å². The number of ether oxygens (including phenoxy) is 2. The van der Waals surface area contributed by atoms with Crippen LogP contribution >= 0.6 is 0 Å². The number of nitrogens with one attached hydrogen (secondary N) is 3. The summed E-state index contributed by atoms with van der Waals surface area (Å²) in [5.41, 5.74) is 4.17. The van der Waals surface area contributed by atoms with Crippen molar-refractivity contribution in [2.45, 2.75) is 44.1 Å². The Labute approximate surface area is 174 Å². The van der Waals surface area contributed by atoms with Crippen molar-refractivity contribution in [2.24, 2.45) is 0 Å². The third-order valence-electron chi connectivity index (χ3n) is 5.42. The van der Waals surface area contributed by atoms with Crippen molar-refractivity contribution in [2.75, 3.05) is 20.8 Å². The minimum Gasteiger partial charge on any atom is -0.497 e. The van der Waals surface area contributed by atoms with Crippen molar-refractivity contribution in [3.8, 4) is 11.5 Å². The second kappa shape index (κ2) is 9.02. The number of amides is 5. The Morgan fingerprint density at radius 1 is 1.07 bits per heavy atom. The van der Waals surface area contributed by atoms with E-state index in [1.54, 1.807) is 6.07 Å². The van der Waals surface area contributed by atoms with Gasteiger partial charge in [0.1, 0.15) is 17.0 Å². The van der Waals surface area contributed by atoms with E-state index in [0.717, 1.165) is 12.8 Å². The minimum atomic E-state index is -0.745. The zero-order valence-electron chi connectivity index (χ0n) is 17.1. The molecule has 0 atom stereocenters. The summed E-state index contributed by atoms with van der Waals surface area (Å²) in [5, 5.41) is 2.80. The number of urea groups is 1. The highest BCUT2D eigenvalue weighted by Crippen LogP contribution is 2.35. The van der Waals surface area contributed by atoms with E-state index in [2.05, 4.69) is 16.2 Å². The molecule has 1 aliphatic heterocycles. The lowest BCUT2D eigenvalue weighted by Gasteiger charge is -2.19. The number of rotatable bonds is 7. The molecule has 2 fully saturated rings. The molecule has 0 unspecified atom stereocenters. The van der Waals surface area contributed by atoms with Gasteiger partial charge >= 0.3 is 6.03 Å². The van der Waals surface area contributed by atoms with Crippen LogP contribution in [-0.4, -0.2) is 55.0 Å². The van der Waals surface area contributed by atoms with Gasteiger partial charge in [0.15, 0.2) is 0 Å². The first-order valence-corrected chi connectivity index (χ1v) is 9.85. The summed E-state index contributed by atoms with van der Waals surface area (Å²) < 4.78 is 10.2. The molecule has 0 aromatic heterocycles. The van der Waals surface area contributed by atoms with E-state index < -0.39 is 23.4 Å². The second-order valence-corrected chi connectivity index (χ2v) is 7.38. The summed E-state index contributed by atoms with van der Waals surface area (Å²) in [4.78, 5) is 50.1. The first-order chi connectivity index (χ1) is 14.4. The average Bonchev–Trinajstić information content (AvgIpc) is 3.31. The molecule has 1 spiro atoms. The summed E-state index contributed by atoms with van der Waals surface area (Å²) >= 11 is 0. The molecule has 5 amide bonds. The molecule has 1 aliphatic carbocycles. The number of methoxy groups -OCH3 is 2. The van der Waals surface area contributed by atoms with Gasteiger partial charge in [-0.05, 0) is 31.4 Å². The Bertz CT molecular complexity index is 827. The summed E-state index contributed by atoms with van der Waals surface area (Å²) in [6, 6.07) is 4.25. The van der Waals surface area contributed by atoms with Crippen LogP contribution in [0.5, 0.6) is 11.5 Å². The van der Waals surface area contributed by atoms with Crippen molar-refractivity contribution in [1.29, 1.82) is 0 Å². The molecule has 162 valence electrons. The van der Waals surface area contributed by atoms with E-state index in [-0.39, 0.29) is 24.4 Å². The van der Waals surface area contributed by atoms with Crippen LogP contribution in [0.4, 0.5) is 4.79 Å². The molecule has 3 N–H and O–H groups in total. The van der Waals surface area contributed by atoms with Gasteiger partial charge in [-0.2, -0.15) is 0 Å². The molecule has 2 aliphatic rings. The number of benzene rings is 1. The monoisotopic (exact) mass is 418 g/mol. The smallest absolute Gasteiger partial charge is 0.325 e. The molecular formula is C20H26N4O6. The maximum absolute atomic E-state index is 12.6. The van der Waals surface area contributed by atoms with Crippen LogP contribution in [0.2, 0.25) is 0 Å². The number of nitrogens with zero attached hydrogens (tertiary/aromatic N) is 1. The second-order valence-electron chi connectivity index (χ2n) is 7.38. The van der Waals surface area contributed by atoms with Gasteiger partial charge in [-0.3, -0.25) is 30.1 Å². The SMILES string of the molecule is COc1cc(OC)cc(C(=O)NNC(=O)CCCN2C(=O)NC3(CCCC3)C2=O)c1. The van der Waals surface area contributed by atoms with Gasteiger partial charge in [0.05, 0.1) is 14.2 Å². The van der Waals surface area contributed by atoms with Crippen molar-refractivity contribution in [3.63, 3.8) is 0 Å². The zero-order chi connectivity index (χ0) is 21.7. The number of hydrazine groups is 1. The molecular weight excluding hydrogens is 392 g/mol. The Morgan fingerprint density at radius 3 is 2.30 bits per heavy atom. The van der Waals surface area contributed by atoms with Gasteiger partial charge in [0.25, 0.3) is 11.8 Å². The topological polar surface area (TPSA) is 126 Å². The number of imide groups is 1. The first-order valence-electron chi connectivity index (χ1n) is 9.85. The van der Waals surface area contributed by atoms with E-state index >= 15 is 0 Å². The van der Waals surface area contributed by atoms with E-state index in [1.807, 2.05) is 0 Å². The Kier molecular flexibility index (Phi) is 6.43. The quantitative estimate of drug-likeness (QED) is 0.450. The fraction of sp³-hybridized carbons (Fsp3) is 0.500. The molecule has 0 bridgehead atoms. The normalized spacial score (nSPS) is 17.1. The van der Waals surface area contributed by atoms with Crippen LogP contribution < -0.4 is 25.6 Å². The Balaban J connectivity index is 1.45. The predicted octanol–water partition coefficient (Wildman–Crippen LogP) is 1.11. The standard InChI is InChI=1S/C20H26N4O6/c1-29-14-10-13(11-15(12-14)30-2)17(26)23-22-16(25)6-5-9-24-18(27)20(21-19(24)28)7-3-4-8-20/h10-12H,3-9H2,1-2H3,(H,21,28)(H,22,25)(H,23,26). The third-order valence-corrected chi connectivity index (χ3v) is 5.42. The molecule has 10 nitrogen and oxygen atoms in total. The Hall–Kier alpha value is -3.30. The largest absolute Gasteiger partial charge is 0.497 e. The lowest BCUT2D eigenvalue weighted by molar-refractivity contribution is -0.131. The van der Waals surface area contributed by atoms with Gasteiger partial charge in [-0.15, -0.1) is 0 Å². The van der Waals surface area contributed by atoms with Crippen molar-refractivity contribution in [1.82, 2.24) is 21.1 Å². The summed E-state index contributed by atoms with van der Waals surface area (Å²) in [5.74, 6) is -0.275. The summed E-state index contributed by atoms with van der Waals surface area (Å²) in [6.45, 7) is 0.154. The van der Waals surface area contributed by atoms with Crippen LogP contribution in [0.15, 0.2) is 18.2 Å². The van der Waals surface area contributed by atoms with Gasteiger partial charge in [-0.25, -0.2) is 4.79 Å². The Morgan fingerprint density at radius 2 is 1.70 bits per heavy atom. The maximum Gasteiger partial charge on any atom is 0.325 e. The van der Waals surface area contributed by atoms with Crippen LogP contribution in [-0.2, 0) is 9.59 Å². The highest BCUT2D eigenvalue weighted by molar-refractivity contribution is 6.07. The number of carbonyl (C=O) groups excluding carboxylic acids is 4. The molecule has 1 saturated heterocycles. The average molecular weight is 418 g/mol. The third kappa shape index (κ3) is 4.47. The molecule has 1 saturated carbocycles. The number of carbonyl (C=O) groups is 4. The minimum absolute atomic E-state index is 0.0474. The highest BCUT2D eigenvalue weighted by atomic mass is 16.5. The molecule has 1 aromatic carbocycles. The van der Waals surface area contributed by atoms with Crippen LogP contribution in [0.1, 0.15) is 48.9 Å². The predicted molar refractivity (Wildman–Crippen MR) is 106 cm³/mol. The number of hydrogen-bond acceptors (Lipinski definition) is 6. The van der Waals surface area contributed by atoms with E-state index in [9.17, 15) is 19.2 Å². The van der Waals surface area contributed by atoms with Crippen LogP contribution in [0.3, 0.4) is 0 Å². The molecule has 0 radical (unpaired) electrons. The zero-order valence-corrected chi connectivity index (χ0v) is 17.1. The first kappa shape index (κ1) is 21.4. The molecule has 1 aromatic rings. The van der Waals surface area contributed by atoms with Crippen molar-refractivity contribution in [3.05, 3.63) is 23.8 Å². The fourth-order valence-electron chi connectivity index (χ4n) is 3.79. The van der Waals surface area contributed by atoms with E-state index in [4.69, 9.17) is 9.47 Å². The lowest BCUT2D eigenvalue weighted by Crippen LogP contribution is -2.44. The highest BCUT2D eigenvalue weighted by Gasteiger charge is 2.52. The van der Waals surface area contributed by atoms with Crippen LogP contribution in [0.25, 0.3) is 0 Å². The van der Waals surface area contributed by atoms with E-state index in [1.165, 1.54) is 31.3 Å². The van der Waals surface area contributed by atoms with Gasteiger partial charge in [0.2, 0.25) is 5.91 Å². The summed E-state index contributed by atoms with van der Waals surface area (Å²) in [6.07, 6.45) is 3.50. The molecule has 30 heavy (non-hydrogen) atoms.